The second kappa shape index (κ2) is 10.2. The number of carbonyl (C=O) groups excluding carboxylic acids is 1. The van der Waals surface area contributed by atoms with Gasteiger partial charge in [-0.3, -0.25) is 0 Å². The molecule has 0 spiro atoms. The maximum absolute atomic E-state index is 12.8. The number of aryl methyl sites for hydroxylation is 1. The van der Waals surface area contributed by atoms with E-state index in [1.54, 1.807) is 0 Å². The Kier molecular flexibility index (Phi) is 7.62. The number of hydrogen-bond donors (Lipinski definition) is 2. The van der Waals surface area contributed by atoms with Gasteiger partial charge in [0.25, 0.3) is 0 Å². The van der Waals surface area contributed by atoms with Gasteiger partial charge >= 0.3 is 12.1 Å². The van der Waals surface area contributed by atoms with E-state index in [0.29, 0.717) is 42.9 Å². The topological polar surface area (TPSA) is 98.8 Å². The van der Waals surface area contributed by atoms with Crippen molar-refractivity contribution in [2.24, 2.45) is 5.92 Å². The van der Waals surface area contributed by atoms with Gasteiger partial charge in [0, 0.05) is 5.69 Å². The van der Waals surface area contributed by atoms with Crippen LogP contribution in [0.1, 0.15) is 98.5 Å². The third-order valence-corrected chi connectivity index (χ3v) is 6.77. The first-order chi connectivity index (χ1) is 14.4. The Morgan fingerprint density at radius 3 is 2.13 bits per heavy atom. The number of nitrogens with two attached hydrogens (primary N) is 1. The Balaban J connectivity index is 1.59. The van der Waals surface area contributed by atoms with Crippen molar-refractivity contribution in [2.75, 3.05) is 5.73 Å². The highest BCUT2D eigenvalue weighted by molar-refractivity contribution is 5.97. The van der Waals surface area contributed by atoms with Gasteiger partial charge in [0.05, 0.1) is 5.56 Å². The van der Waals surface area contributed by atoms with Crippen molar-refractivity contribution < 1.29 is 24.2 Å². The largest absolute Gasteiger partial charge is 0.506 e. The van der Waals surface area contributed by atoms with Gasteiger partial charge in [-0.25, -0.2) is 9.59 Å². The number of esters is 1. The Hall–Kier alpha value is -2.24. The fourth-order valence-corrected chi connectivity index (χ4v) is 5.17. The van der Waals surface area contributed by atoms with Gasteiger partial charge in [0.15, 0.2) is 0 Å². The van der Waals surface area contributed by atoms with Crippen LogP contribution in [0.5, 0.6) is 0 Å². The zero-order chi connectivity index (χ0) is 21.7. The van der Waals surface area contributed by atoms with Crippen molar-refractivity contribution in [1.82, 2.24) is 0 Å². The van der Waals surface area contributed by atoms with E-state index in [1.807, 2.05) is 13.0 Å². The molecule has 6 nitrogen and oxygen atoms in total. The summed E-state index contributed by atoms with van der Waals surface area (Å²) >= 11 is 0. The van der Waals surface area contributed by atoms with Crippen molar-refractivity contribution in [3.63, 3.8) is 0 Å². The zero-order valence-electron chi connectivity index (χ0n) is 18.2. The average molecular weight is 418 g/mol. The van der Waals surface area contributed by atoms with Gasteiger partial charge in [-0.15, -0.1) is 0 Å². The molecule has 0 aromatic heterocycles. The molecule has 0 amide bonds. The summed E-state index contributed by atoms with van der Waals surface area (Å²) in [5.74, 6) is 0.995. The van der Waals surface area contributed by atoms with Crippen molar-refractivity contribution in [3.05, 3.63) is 28.8 Å². The first kappa shape index (κ1) is 22.4. The van der Waals surface area contributed by atoms with E-state index in [1.165, 1.54) is 44.1 Å². The molecule has 0 aliphatic heterocycles. The average Bonchev–Trinajstić information content (AvgIpc) is 2.69. The summed E-state index contributed by atoms with van der Waals surface area (Å²) in [4.78, 5) is 23.4. The van der Waals surface area contributed by atoms with Crippen LogP contribution in [0.2, 0.25) is 0 Å². The molecule has 2 aliphatic carbocycles. The molecule has 6 heteroatoms. The quantitative estimate of drug-likeness (QED) is 0.447. The molecule has 1 aromatic rings. The van der Waals surface area contributed by atoms with Crippen LogP contribution in [0, 0.1) is 12.8 Å². The van der Waals surface area contributed by atoms with Gasteiger partial charge in [-0.05, 0) is 87.3 Å². The lowest BCUT2D eigenvalue weighted by atomic mass is 9.76. The van der Waals surface area contributed by atoms with Crippen molar-refractivity contribution in [3.8, 4) is 0 Å². The lowest BCUT2D eigenvalue weighted by molar-refractivity contribution is -0.0101. The SMILES string of the molecule is CCCC1CCC(c2cc(C)c(C(=O)OC3CCC(OC(=O)O)CC3)c(N)c2)CC1. The van der Waals surface area contributed by atoms with E-state index < -0.39 is 6.16 Å². The first-order valence-electron chi connectivity index (χ1n) is 11.4. The minimum Gasteiger partial charge on any atom is -0.459 e. The van der Waals surface area contributed by atoms with Crippen LogP contribution < -0.4 is 5.73 Å². The molecule has 0 unspecified atom stereocenters. The monoisotopic (exact) mass is 417 g/mol. The number of carbonyl (C=O) groups is 2. The minimum absolute atomic E-state index is 0.224. The van der Waals surface area contributed by atoms with Crippen LogP contribution in [0.25, 0.3) is 0 Å². The van der Waals surface area contributed by atoms with Crippen LogP contribution in [0.15, 0.2) is 12.1 Å². The fourth-order valence-electron chi connectivity index (χ4n) is 5.17. The number of carboxylic acid groups (broad SMARTS) is 1. The molecule has 0 heterocycles. The van der Waals surface area contributed by atoms with Gasteiger partial charge in [-0.2, -0.15) is 0 Å². The highest BCUT2D eigenvalue weighted by Crippen LogP contribution is 2.39. The lowest BCUT2D eigenvalue weighted by Gasteiger charge is -2.29. The maximum atomic E-state index is 12.8. The second-order valence-electron chi connectivity index (χ2n) is 9.00. The number of ether oxygens (including phenoxy) is 2. The van der Waals surface area contributed by atoms with Crippen LogP contribution in [0.4, 0.5) is 10.5 Å². The molecule has 2 aliphatic rings. The molecule has 30 heavy (non-hydrogen) atoms. The molecule has 1 aromatic carbocycles. The van der Waals surface area contributed by atoms with Crippen molar-refractivity contribution in [1.29, 1.82) is 0 Å². The maximum Gasteiger partial charge on any atom is 0.506 e. The summed E-state index contributed by atoms with van der Waals surface area (Å²) in [5.41, 5.74) is 9.36. The van der Waals surface area contributed by atoms with E-state index in [-0.39, 0.29) is 18.2 Å². The molecular formula is C24H35NO5. The number of rotatable bonds is 6. The van der Waals surface area contributed by atoms with E-state index in [9.17, 15) is 9.59 Å². The van der Waals surface area contributed by atoms with Crippen LogP contribution in [0.3, 0.4) is 0 Å². The highest BCUT2D eigenvalue weighted by Gasteiger charge is 2.28. The second-order valence-corrected chi connectivity index (χ2v) is 9.00. The summed E-state index contributed by atoms with van der Waals surface area (Å²) in [7, 11) is 0. The Morgan fingerprint density at radius 2 is 1.60 bits per heavy atom. The number of anilines is 1. The van der Waals surface area contributed by atoms with E-state index in [4.69, 9.17) is 20.3 Å². The van der Waals surface area contributed by atoms with E-state index in [0.717, 1.165) is 11.5 Å². The van der Waals surface area contributed by atoms with E-state index >= 15 is 0 Å². The first-order valence-corrected chi connectivity index (χ1v) is 11.4. The number of nitrogen functional groups attached to an aromatic ring is 1. The number of benzene rings is 1. The molecule has 3 rings (SSSR count). The minimum atomic E-state index is -1.25. The summed E-state index contributed by atoms with van der Waals surface area (Å²) in [6.45, 7) is 4.18. The summed E-state index contributed by atoms with van der Waals surface area (Å²) in [5, 5.41) is 8.72. The fraction of sp³-hybridized carbons (Fsp3) is 0.667. The third-order valence-electron chi connectivity index (χ3n) is 6.77. The molecule has 3 N–H and O–H groups in total. The Labute approximate surface area is 179 Å². The molecule has 0 saturated heterocycles. The van der Waals surface area contributed by atoms with Gasteiger partial charge < -0.3 is 20.3 Å². The van der Waals surface area contributed by atoms with Crippen LogP contribution in [-0.4, -0.2) is 29.4 Å². The molecule has 0 bridgehead atoms. The smallest absolute Gasteiger partial charge is 0.459 e. The van der Waals surface area contributed by atoms with Crippen LogP contribution in [-0.2, 0) is 9.47 Å². The molecule has 0 atom stereocenters. The van der Waals surface area contributed by atoms with Gasteiger partial charge in [0.1, 0.15) is 12.2 Å². The van der Waals surface area contributed by atoms with E-state index in [2.05, 4.69) is 13.0 Å². The molecule has 2 fully saturated rings. The molecule has 0 radical (unpaired) electrons. The summed E-state index contributed by atoms with van der Waals surface area (Å²) < 4.78 is 10.5. The lowest BCUT2D eigenvalue weighted by Crippen LogP contribution is -2.29. The predicted molar refractivity (Wildman–Crippen MR) is 116 cm³/mol. The van der Waals surface area contributed by atoms with Crippen molar-refractivity contribution in [2.45, 2.75) is 96.2 Å². The number of hydrogen-bond acceptors (Lipinski definition) is 5. The van der Waals surface area contributed by atoms with Gasteiger partial charge in [0.2, 0.25) is 0 Å². The third kappa shape index (κ3) is 5.67. The Bertz CT molecular complexity index is 723. The van der Waals surface area contributed by atoms with Crippen molar-refractivity contribution >= 4 is 17.8 Å². The normalized spacial score (nSPS) is 26.7. The molecule has 166 valence electrons. The van der Waals surface area contributed by atoms with Crippen LogP contribution >= 0.6 is 0 Å². The highest BCUT2D eigenvalue weighted by atomic mass is 16.7. The zero-order valence-corrected chi connectivity index (χ0v) is 18.2. The molecule has 2 saturated carbocycles. The molecular weight excluding hydrogens is 382 g/mol. The summed E-state index contributed by atoms with van der Waals surface area (Å²) in [6, 6.07) is 4.07. The Morgan fingerprint density at radius 1 is 1.00 bits per heavy atom. The summed E-state index contributed by atoms with van der Waals surface area (Å²) in [6.07, 6.45) is 8.05. The van der Waals surface area contributed by atoms with Gasteiger partial charge in [-0.1, -0.05) is 25.8 Å². The predicted octanol–water partition coefficient (Wildman–Crippen LogP) is 5.81. The standard InChI is InChI=1S/C24H35NO5/c1-3-4-16-5-7-17(8-6-16)18-13-15(2)22(21(25)14-18)23(26)29-19-9-11-20(12-10-19)30-24(27)28/h13-14,16-17,19-20H,3-12,25H2,1-2H3,(H,27,28).